The van der Waals surface area contributed by atoms with Crippen LogP contribution in [0, 0.1) is 0 Å². The van der Waals surface area contributed by atoms with E-state index in [0.29, 0.717) is 28.9 Å². The molecule has 2 aromatic rings. The van der Waals surface area contributed by atoms with E-state index in [1.54, 1.807) is 23.2 Å². The topological polar surface area (TPSA) is 104 Å². The van der Waals surface area contributed by atoms with Gasteiger partial charge in [-0.2, -0.15) is 0 Å². The second-order valence-corrected chi connectivity index (χ2v) is 7.80. The van der Waals surface area contributed by atoms with Gasteiger partial charge in [-0.15, -0.1) is 0 Å². The Balaban J connectivity index is 1.71. The molecule has 0 radical (unpaired) electrons. The van der Waals surface area contributed by atoms with Crippen LogP contribution in [-0.4, -0.2) is 49.4 Å². The van der Waals surface area contributed by atoms with Gasteiger partial charge < -0.3 is 21.4 Å². The summed E-state index contributed by atoms with van der Waals surface area (Å²) in [5, 5.41) is 4.42. The lowest BCUT2D eigenvalue weighted by Gasteiger charge is -2.28. The van der Waals surface area contributed by atoms with Crippen molar-refractivity contribution >= 4 is 29.3 Å². The maximum Gasteiger partial charge on any atom is 0.255 e. The number of hydrazine groups is 1. The number of hydrogen-bond acceptors (Lipinski definition) is 7. The fraction of sp³-hybridized carbons (Fsp3) is 0.292. The zero-order chi connectivity index (χ0) is 22.9. The number of amides is 1. The number of carbonyl (C=O) groups excluding carboxylic acids is 2. The molecule has 0 atom stereocenters. The third kappa shape index (κ3) is 6.18. The minimum Gasteiger partial charge on any atom is -0.404 e. The number of pyridine rings is 1. The molecule has 168 valence electrons. The molecule has 1 aromatic carbocycles. The van der Waals surface area contributed by atoms with Gasteiger partial charge in [0, 0.05) is 50.2 Å². The zero-order valence-corrected chi connectivity index (χ0v) is 18.5. The number of nitrogens with one attached hydrogen (secondary N) is 2. The molecule has 0 saturated carbocycles. The molecule has 1 aromatic heterocycles. The number of benzene rings is 1. The number of piperidine rings is 1. The first-order valence-electron chi connectivity index (χ1n) is 10.7. The van der Waals surface area contributed by atoms with Gasteiger partial charge in [0.05, 0.1) is 11.4 Å². The minimum absolute atomic E-state index is 0.0968. The first kappa shape index (κ1) is 23.0. The smallest absolute Gasteiger partial charge is 0.255 e. The molecular weight excluding hydrogens is 404 g/mol. The molecule has 1 saturated heterocycles. The predicted octanol–water partition coefficient (Wildman–Crippen LogP) is 2.77. The fourth-order valence-electron chi connectivity index (χ4n) is 3.54. The molecule has 2 heterocycles. The van der Waals surface area contributed by atoms with Gasteiger partial charge in [0.2, 0.25) is 0 Å². The number of anilines is 2. The Morgan fingerprint density at radius 2 is 1.81 bits per heavy atom. The van der Waals surface area contributed by atoms with Gasteiger partial charge >= 0.3 is 0 Å². The van der Waals surface area contributed by atoms with Crippen LogP contribution in [0.5, 0.6) is 0 Å². The van der Waals surface area contributed by atoms with E-state index in [2.05, 4.69) is 20.6 Å². The average Bonchev–Trinajstić information content (AvgIpc) is 2.82. The monoisotopic (exact) mass is 434 g/mol. The van der Waals surface area contributed by atoms with E-state index in [1.807, 2.05) is 38.4 Å². The normalized spacial score (nSPS) is 14.9. The van der Waals surface area contributed by atoms with Gasteiger partial charge in [-0.1, -0.05) is 6.07 Å². The van der Waals surface area contributed by atoms with Gasteiger partial charge in [-0.05, 0) is 61.7 Å². The Labute approximate surface area is 188 Å². The Morgan fingerprint density at radius 1 is 1.09 bits per heavy atom. The van der Waals surface area contributed by atoms with Crippen LogP contribution in [0.1, 0.15) is 35.3 Å². The van der Waals surface area contributed by atoms with Crippen LogP contribution < -0.4 is 21.4 Å². The van der Waals surface area contributed by atoms with Crippen LogP contribution in [0.2, 0.25) is 0 Å². The summed E-state index contributed by atoms with van der Waals surface area (Å²) < 4.78 is 0. The SMILES string of the molecule is CN(C)Nc1cccc(C(/C=C(\C=O)NC(=O)c2ccc(N3CCCCC3)cc2)=C/N)n1. The lowest BCUT2D eigenvalue weighted by atomic mass is 10.1. The maximum atomic E-state index is 12.7. The van der Waals surface area contributed by atoms with Crippen molar-refractivity contribution in [1.29, 1.82) is 0 Å². The lowest BCUT2D eigenvalue weighted by molar-refractivity contribution is -0.105. The summed E-state index contributed by atoms with van der Waals surface area (Å²) in [6, 6.07) is 12.9. The van der Waals surface area contributed by atoms with Crippen LogP contribution in [0.25, 0.3) is 5.57 Å². The second-order valence-electron chi connectivity index (χ2n) is 7.80. The van der Waals surface area contributed by atoms with Crippen molar-refractivity contribution in [3.63, 3.8) is 0 Å². The zero-order valence-electron chi connectivity index (χ0n) is 18.5. The molecule has 1 aliphatic rings. The highest BCUT2D eigenvalue weighted by Crippen LogP contribution is 2.20. The van der Waals surface area contributed by atoms with Crippen LogP contribution in [0.4, 0.5) is 11.5 Å². The Bertz CT molecular complexity index is 992. The van der Waals surface area contributed by atoms with Crippen molar-refractivity contribution < 1.29 is 9.59 Å². The average molecular weight is 435 g/mol. The number of aldehydes is 1. The lowest BCUT2D eigenvalue weighted by Crippen LogP contribution is -2.29. The highest BCUT2D eigenvalue weighted by atomic mass is 16.2. The molecule has 0 spiro atoms. The van der Waals surface area contributed by atoms with Crippen LogP contribution in [0.15, 0.2) is 60.4 Å². The van der Waals surface area contributed by atoms with Crippen molar-refractivity contribution in [1.82, 2.24) is 15.3 Å². The van der Waals surface area contributed by atoms with E-state index in [4.69, 9.17) is 5.73 Å². The van der Waals surface area contributed by atoms with E-state index in [0.717, 1.165) is 18.8 Å². The number of carbonyl (C=O) groups is 2. The van der Waals surface area contributed by atoms with E-state index in [1.165, 1.54) is 31.5 Å². The van der Waals surface area contributed by atoms with Crippen molar-refractivity contribution in [3.8, 4) is 0 Å². The maximum absolute atomic E-state index is 12.7. The Hall–Kier alpha value is -3.65. The summed E-state index contributed by atoms with van der Waals surface area (Å²) in [6.07, 6.45) is 7.10. The second kappa shape index (κ2) is 11.1. The van der Waals surface area contributed by atoms with Crippen molar-refractivity contribution in [2.24, 2.45) is 5.73 Å². The Kier molecular flexibility index (Phi) is 7.99. The standard InChI is InChI=1S/C24H30N6O2/c1-29(2)28-23-8-6-7-22(27-23)19(16-25)15-20(17-31)26-24(32)18-9-11-21(12-10-18)30-13-4-3-5-14-30/h6-12,15-17H,3-5,13-14,25H2,1-2H3,(H,26,32)(H,27,28)/b19-16+,20-15+. The number of rotatable bonds is 8. The molecule has 1 fully saturated rings. The molecule has 8 nitrogen and oxygen atoms in total. The number of aromatic nitrogens is 1. The largest absolute Gasteiger partial charge is 0.404 e. The predicted molar refractivity (Wildman–Crippen MR) is 128 cm³/mol. The quantitative estimate of drug-likeness (QED) is 0.254. The van der Waals surface area contributed by atoms with E-state index >= 15 is 0 Å². The minimum atomic E-state index is -0.360. The first-order valence-corrected chi connectivity index (χ1v) is 10.7. The van der Waals surface area contributed by atoms with E-state index in [-0.39, 0.29) is 11.6 Å². The number of hydrogen-bond donors (Lipinski definition) is 3. The van der Waals surface area contributed by atoms with Gasteiger partial charge in [0.25, 0.3) is 5.91 Å². The third-order valence-corrected chi connectivity index (χ3v) is 5.11. The van der Waals surface area contributed by atoms with E-state index < -0.39 is 0 Å². The molecule has 3 rings (SSSR count). The van der Waals surface area contributed by atoms with Crippen molar-refractivity contribution in [3.05, 3.63) is 71.7 Å². The number of nitrogens with two attached hydrogens (primary N) is 1. The van der Waals surface area contributed by atoms with Crippen molar-refractivity contribution in [2.45, 2.75) is 19.3 Å². The summed E-state index contributed by atoms with van der Waals surface area (Å²) in [7, 11) is 3.71. The number of allylic oxidation sites excluding steroid dienone is 3. The fourth-order valence-corrected chi connectivity index (χ4v) is 3.54. The molecule has 0 unspecified atom stereocenters. The summed E-state index contributed by atoms with van der Waals surface area (Å²) in [5.74, 6) is 0.270. The Morgan fingerprint density at radius 3 is 2.44 bits per heavy atom. The summed E-state index contributed by atoms with van der Waals surface area (Å²) in [5.41, 5.74) is 11.6. The van der Waals surface area contributed by atoms with Crippen LogP contribution >= 0.6 is 0 Å². The van der Waals surface area contributed by atoms with Crippen LogP contribution in [0.3, 0.4) is 0 Å². The summed E-state index contributed by atoms with van der Waals surface area (Å²) in [4.78, 5) is 31.1. The number of nitrogens with zero attached hydrogens (tertiary/aromatic N) is 3. The third-order valence-electron chi connectivity index (χ3n) is 5.11. The van der Waals surface area contributed by atoms with Crippen LogP contribution in [-0.2, 0) is 4.79 Å². The highest BCUT2D eigenvalue weighted by Gasteiger charge is 2.13. The molecule has 32 heavy (non-hydrogen) atoms. The molecular formula is C24H30N6O2. The molecule has 4 N–H and O–H groups in total. The molecule has 1 amide bonds. The molecule has 0 aliphatic carbocycles. The van der Waals surface area contributed by atoms with Crippen molar-refractivity contribution in [2.75, 3.05) is 37.5 Å². The molecule has 0 bridgehead atoms. The van der Waals surface area contributed by atoms with Gasteiger partial charge in [-0.3, -0.25) is 9.59 Å². The first-order chi connectivity index (χ1) is 15.5. The summed E-state index contributed by atoms with van der Waals surface area (Å²) >= 11 is 0. The van der Waals surface area contributed by atoms with Gasteiger partial charge in [0.15, 0.2) is 6.29 Å². The van der Waals surface area contributed by atoms with Gasteiger partial charge in [-0.25, -0.2) is 9.99 Å². The van der Waals surface area contributed by atoms with E-state index in [9.17, 15) is 9.59 Å². The molecule has 1 aliphatic heterocycles. The summed E-state index contributed by atoms with van der Waals surface area (Å²) in [6.45, 7) is 2.08. The highest BCUT2D eigenvalue weighted by molar-refractivity contribution is 5.99. The molecule has 8 heteroatoms. The van der Waals surface area contributed by atoms with Gasteiger partial charge in [0.1, 0.15) is 5.82 Å².